The van der Waals surface area contributed by atoms with Gasteiger partial charge >= 0.3 is 6.18 Å². The molecule has 0 fully saturated rings. The molecular weight excluding hydrogens is 421 g/mol. The molecule has 1 aromatic carbocycles. The largest absolute Gasteiger partial charge is 0.490 e. The number of alkyl halides is 4. The van der Waals surface area contributed by atoms with E-state index in [-0.39, 0.29) is 13.2 Å². The Morgan fingerprint density at radius 2 is 1.86 bits per heavy atom. The summed E-state index contributed by atoms with van der Waals surface area (Å²) in [5.41, 5.74) is 0.992. The Morgan fingerprint density at radius 3 is 2.43 bits per heavy atom. The highest BCUT2D eigenvalue weighted by Crippen LogP contribution is 2.37. The topological polar surface area (TPSA) is 27.7 Å². The first-order chi connectivity index (χ1) is 9.87. The Balaban J connectivity index is 2.61. The monoisotopic (exact) mass is 434 g/mol. The van der Waals surface area contributed by atoms with Gasteiger partial charge in [0, 0.05) is 5.33 Å². The summed E-state index contributed by atoms with van der Waals surface area (Å²) in [5, 5.41) is 0.653. The van der Waals surface area contributed by atoms with Crippen molar-refractivity contribution in [2.24, 2.45) is 0 Å². The summed E-state index contributed by atoms with van der Waals surface area (Å²) in [5.74, 6) is 0.995. The number of rotatable bonds is 8. The highest BCUT2D eigenvalue weighted by atomic mass is 79.9. The van der Waals surface area contributed by atoms with Gasteiger partial charge in [0.25, 0.3) is 0 Å². The Labute approximate surface area is 138 Å². The molecule has 120 valence electrons. The highest BCUT2D eigenvalue weighted by molar-refractivity contribution is 9.10. The lowest BCUT2D eigenvalue weighted by Gasteiger charge is -2.15. The third-order valence-corrected chi connectivity index (χ3v) is 3.50. The van der Waals surface area contributed by atoms with E-state index in [1.54, 1.807) is 0 Å². The Kier molecular flexibility index (Phi) is 7.83. The summed E-state index contributed by atoms with van der Waals surface area (Å²) in [6.45, 7) is 0.864. The molecule has 0 saturated carbocycles. The van der Waals surface area contributed by atoms with E-state index in [4.69, 9.17) is 9.47 Å². The molecule has 0 unspecified atom stereocenters. The second kappa shape index (κ2) is 8.85. The third kappa shape index (κ3) is 6.88. The summed E-state index contributed by atoms with van der Waals surface area (Å²) in [6, 6.07) is 3.66. The SMILES string of the molecule is CCOc1cc(CBr)cc(Br)c1OCCOCC(F)(F)F. The second-order valence-corrected chi connectivity index (χ2v) is 5.40. The van der Waals surface area contributed by atoms with Crippen LogP contribution >= 0.6 is 31.9 Å². The van der Waals surface area contributed by atoms with Crippen molar-refractivity contribution in [3.63, 3.8) is 0 Å². The summed E-state index contributed by atoms with van der Waals surface area (Å²) in [7, 11) is 0. The number of hydrogen-bond acceptors (Lipinski definition) is 3. The van der Waals surface area contributed by atoms with Gasteiger partial charge < -0.3 is 14.2 Å². The van der Waals surface area contributed by atoms with E-state index in [0.717, 1.165) is 5.56 Å². The molecule has 0 heterocycles. The number of halogens is 5. The predicted octanol–water partition coefficient (Wildman–Crippen LogP) is 4.70. The minimum absolute atomic E-state index is 0.00239. The van der Waals surface area contributed by atoms with Crippen LogP contribution in [0.1, 0.15) is 12.5 Å². The maximum absolute atomic E-state index is 11.9. The van der Waals surface area contributed by atoms with Gasteiger partial charge in [-0.1, -0.05) is 15.9 Å². The smallest absolute Gasteiger partial charge is 0.411 e. The summed E-state index contributed by atoms with van der Waals surface area (Å²) >= 11 is 6.71. The number of ether oxygens (including phenoxy) is 3. The van der Waals surface area contributed by atoms with Crippen molar-refractivity contribution < 1.29 is 27.4 Å². The summed E-state index contributed by atoms with van der Waals surface area (Å²) in [4.78, 5) is 0. The highest BCUT2D eigenvalue weighted by Gasteiger charge is 2.27. The molecule has 0 aliphatic rings. The van der Waals surface area contributed by atoms with E-state index in [1.807, 2.05) is 19.1 Å². The molecular formula is C13H15Br2F3O3. The molecule has 0 atom stereocenters. The Morgan fingerprint density at radius 1 is 1.14 bits per heavy atom. The number of hydrogen-bond donors (Lipinski definition) is 0. The zero-order chi connectivity index (χ0) is 15.9. The standard InChI is InChI=1S/C13H15Br2F3O3/c1-2-20-11-6-9(7-14)5-10(15)12(11)21-4-3-19-8-13(16,17)18/h5-6H,2-4,7-8H2,1H3. The molecule has 0 spiro atoms. The van der Waals surface area contributed by atoms with Crippen LogP contribution in [0.4, 0.5) is 13.2 Å². The second-order valence-electron chi connectivity index (χ2n) is 3.99. The minimum Gasteiger partial charge on any atom is -0.490 e. The fourth-order valence-electron chi connectivity index (χ4n) is 1.49. The number of benzene rings is 1. The van der Waals surface area contributed by atoms with Crippen molar-refractivity contribution in [1.82, 2.24) is 0 Å². The average molecular weight is 436 g/mol. The van der Waals surface area contributed by atoms with E-state index >= 15 is 0 Å². The molecule has 0 bridgehead atoms. The molecule has 0 amide bonds. The zero-order valence-electron chi connectivity index (χ0n) is 11.3. The van der Waals surface area contributed by atoms with Crippen LogP contribution in [0, 0.1) is 0 Å². The van der Waals surface area contributed by atoms with Crippen LogP contribution in [0.2, 0.25) is 0 Å². The molecule has 3 nitrogen and oxygen atoms in total. The molecule has 1 aromatic rings. The van der Waals surface area contributed by atoms with Crippen LogP contribution in [-0.4, -0.2) is 32.6 Å². The van der Waals surface area contributed by atoms with Gasteiger partial charge in [0.1, 0.15) is 13.2 Å². The van der Waals surface area contributed by atoms with Gasteiger partial charge in [0.05, 0.1) is 17.7 Å². The lowest BCUT2D eigenvalue weighted by molar-refractivity contribution is -0.175. The van der Waals surface area contributed by atoms with Crippen LogP contribution in [-0.2, 0) is 10.1 Å². The first-order valence-electron chi connectivity index (χ1n) is 6.16. The molecule has 0 saturated heterocycles. The minimum atomic E-state index is -4.32. The van der Waals surface area contributed by atoms with Gasteiger partial charge in [-0.25, -0.2) is 0 Å². The van der Waals surface area contributed by atoms with E-state index in [2.05, 4.69) is 36.6 Å². The fraction of sp³-hybridized carbons (Fsp3) is 0.538. The van der Waals surface area contributed by atoms with E-state index in [0.29, 0.717) is 27.9 Å². The fourth-order valence-corrected chi connectivity index (χ4v) is 2.42. The van der Waals surface area contributed by atoms with E-state index < -0.39 is 12.8 Å². The first-order valence-corrected chi connectivity index (χ1v) is 8.07. The van der Waals surface area contributed by atoms with Crippen molar-refractivity contribution >= 4 is 31.9 Å². The molecule has 0 N–H and O–H groups in total. The lowest BCUT2D eigenvalue weighted by Crippen LogP contribution is -2.19. The van der Waals surface area contributed by atoms with Crippen LogP contribution in [0.5, 0.6) is 11.5 Å². The summed E-state index contributed by atoms with van der Waals surface area (Å²) < 4.78 is 51.9. The van der Waals surface area contributed by atoms with Crippen molar-refractivity contribution in [3.8, 4) is 11.5 Å². The van der Waals surface area contributed by atoms with Gasteiger partial charge in [0.2, 0.25) is 0 Å². The molecule has 0 aliphatic heterocycles. The van der Waals surface area contributed by atoms with Gasteiger partial charge in [0.15, 0.2) is 11.5 Å². The van der Waals surface area contributed by atoms with Gasteiger partial charge in [-0.05, 0) is 40.5 Å². The van der Waals surface area contributed by atoms with Crippen LogP contribution < -0.4 is 9.47 Å². The van der Waals surface area contributed by atoms with Gasteiger partial charge in [-0.15, -0.1) is 0 Å². The molecule has 0 aromatic heterocycles. The van der Waals surface area contributed by atoms with Crippen LogP contribution in [0.3, 0.4) is 0 Å². The van der Waals surface area contributed by atoms with Crippen molar-refractivity contribution in [2.75, 3.05) is 26.4 Å². The lowest BCUT2D eigenvalue weighted by atomic mass is 10.2. The molecule has 8 heteroatoms. The summed E-state index contributed by atoms with van der Waals surface area (Å²) in [6.07, 6.45) is -4.32. The van der Waals surface area contributed by atoms with Crippen molar-refractivity contribution in [2.45, 2.75) is 18.4 Å². The predicted molar refractivity (Wildman–Crippen MR) is 80.3 cm³/mol. The van der Waals surface area contributed by atoms with Crippen LogP contribution in [0.15, 0.2) is 16.6 Å². The first kappa shape index (κ1) is 18.6. The Bertz CT molecular complexity index is 453. The maximum Gasteiger partial charge on any atom is 0.411 e. The van der Waals surface area contributed by atoms with E-state index in [9.17, 15) is 13.2 Å². The molecule has 1 rings (SSSR count). The van der Waals surface area contributed by atoms with Crippen molar-refractivity contribution in [3.05, 3.63) is 22.2 Å². The zero-order valence-corrected chi connectivity index (χ0v) is 14.5. The van der Waals surface area contributed by atoms with Crippen molar-refractivity contribution in [1.29, 1.82) is 0 Å². The molecule has 21 heavy (non-hydrogen) atoms. The van der Waals surface area contributed by atoms with Crippen LogP contribution in [0.25, 0.3) is 0 Å². The average Bonchev–Trinajstić information content (AvgIpc) is 2.39. The maximum atomic E-state index is 11.9. The molecule has 0 aliphatic carbocycles. The molecule has 0 radical (unpaired) electrons. The quantitative estimate of drug-likeness (QED) is 0.437. The van der Waals surface area contributed by atoms with Gasteiger partial charge in [-0.2, -0.15) is 13.2 Å². The normalized spacial score (nSPS) is 11.5. The Hall–Kier alpha value is -0.470. The third-order valence-electron chi connectivity index (χ3n) is 2.26. The van der Waals surface area contributed by atoms with Gasteiger partial charge in [-0.3, -0.25) is 0 Å². The van der Waals surface area contributed by atoms with E-state index in [1.165, 1.54) is 0 Å².